The van der Waals surface area contributed by atoms with Crippen LogP contribution in [0.1, 0.15) is 11.1 Å². The zero-order valence-corrected chi connectivity index (χ0v) is 21.5. The van der Waals surface area contributed by atoms with Gasteiger partial charge in [-0.1, -0.05) is 66.7 Å². The average Bonchev–Trinajstić information content (AvgIpc) is 2.95. The molecule has 0 atom stereocenters. The van der Waals surface area contributed by atoms with Crippen molar-refractivity contribution in [3.05, 3.63) is 90.0 Å². The number of benzene rings is 3. The first kappa shape index (κ1) is 35.6. The van der Waals surface area contributed by atoms with Gasteiger partial charge >= 0.3 is 47.6 Å². The van der Waals surface area contributed by atoms with E-state index in [9.17, 15) is 74.6 Å². The number of halogens is 17. The molecule has 3 aromatic rings. The number of hydrogen-bond acceptors (Lipinski definition) is 1. The molecule has 0 spiro atoms. The molecule has 18 heteroatoms. The highest BCUT2D eigenvalue weighted by molar-refractivity contribution is 5.83. The van der Waals surface area contributed by atoms with Crippen LogP contribution in [0.4, 0.5) is 80.3 Å². The maximum absolute atomic E-state index is 14.5. The van der Waals surface area contributed by atoms with Gasteiger partial charge in [0.1, 0.15) is 0 Å². The first-order valence-electron chi connectivity index (χ1n) is 11.8. The summed E-state index contributed by atoms with van der Waals surface area (Å²) in [6, 6.07) is 16.0. The fourth-order valence-electron chi connectivity index (χ4n) is 3.64. The smallest absolute Gasteiger partial charge is 0.256 e. The van der Waals surface area contributed by atoms with Crippen molar-refractivity contribution in [2.45, 2.75) is 47.6 Å². The molecule has 0 heterocycles. The van der Waals surface area contributed by atoms with Gasteiger partial charge in [-0.3, -0.25) is 4.99 Å². The number of alkyl halides is 17. The molecule has 0 unspecified atom stereocenters. The standard InChI is InChI=1S/C27H14F17N/c28-20(29,21(30,31)22(32,33)23(34,35)24(36,37)25(38,39)26(40,41)27(42,43)44)18-10-12-19(13-11-18)45-14-15-6-8-17(9-7-15)16-4-2-1-3-5-16/h1-14H. The highest BCUT2D eigenvalue weighted by Crippen LogP contribution is 2.65. The minimum Gasteiger partial charge on any atom is -0.256 e. The van der Waals surface area contributed by atoms with Crippen molar-refractivity contribution in [2.75, 3.05) is 0 Å². The minimum absolute atomic E-state index is 0.113. The van der Waals surface area contributed by atoms with E-state index in [0.29, 0.717) is 17.7 Å². The lowest BCUT2D eigenvalue weighted by atomic mass is 9.87. The average molecular weight is 675 g/mol. The van der Waals surface area contributed by atoms with Gasteiger partial charge in [-0.05, 0) is 28.8 Å². The summed E-state index contributed by atoms with van der Waals surface area (Å²) >= 11 is 0. The number of hydrogen-bond donors (Lipinski definition) is 0. The minimum atomic E-state index is -8.67. The second kappa shape index (κ2) is 11.2. The van der Waals surface area contributed by atoms with Gasteiger partial charge in [0.05, 0.1) is 5.69 Å². The van der Waals surface area contributed by atoms with Gasteiger partial charge < -0.3 is 0 Å². The summed E-state index contributed by atoms with van der Waals surface area (Å²) in [7, 11) is 0. The Bertz CT molecular complexity index is 1490. The number of nitrogens with zero attached hydrogens (tertiary/aromatic N) is 1. The van der Waals surface area contributed by atoms with Gasteiger partial charge in [-0.25, -0.2) is 0 Å². The molecule has 0 aliphatic heterocycles. The van der Waals surface area contributed by atoms with Gasteiger partial charge in [0.2, 0.25) is 0 Å². The van der Waals surface area contributed by atoms with Crippen molar-refractivity contribution in [1.82, 2.24) is 0 Å². The second-order valence-electron chi connectivity index (χ2n) is 9.31. The van der Waals surface area contributed by atoms with Crippen molar-refractivity contribution in [2.24, 2.45) is 4.99 Å². The van der Waals surface area contributed by atoms with E-state index in [1.54, 1.807) is 54.6 Å². The SMILES string of the molecule is FC(F)(F)C(F)(F)C(F)(F)C(F)(F)C(F)(F)C(F)(F)C(F)(F)C(F)(F)c1ccc(N=Cc2ccc(-c3ccccc3)cc2)cc1. The fraction of sp³-hybridized carbons (Fsp3) is 0.296. The van der Waals surface area contributed by atoms with Crippen molar-refractivity contribution in [3.63, 3.8) is 0 Å². The number of rotatable bonds is 10. The van der Waals surface area contributed by atoms with E-state index in [2.05, 4.69) is 4.99 Å². The monoisotopic (exact) mass is 675 g/mol. The maximum atomic E-state index is 14.5. The topological polar surface area (TPSA) is 12.4 Å². The molecule has 3 aromatic carbocycles. The van der Waals surface area contributed by atoms with E-state index in [-0.39, 0.29) is 17.8 Å². The van der Waals surface area contributed by atoms with Crippen LogP contribution in [0.25, 0.3) is 11.1 Å². The maximum Gasteiger partial charge on any atom is 0.460 e. The Hall–Kier alpha value is -3.86. The van der Waals surface area contributed by atoms with E-state index in [0.717, 1.165) is 17.3 Å². The van der Waals surface area contributed by atoms with Gasteiger partial charge in [-0.15, -0.1) is 0 Å². The molecule has 0 fully saturated rings. The van der Waals surface area contributed by atoms with Gasteiger partial charge in [0.15, 0.2) is 0 Å². The molecule has 3 rings (SSSR count). The summed E-state index contributed by atoms with van der Waals surface area (Å²) in [5.74, 6) is -56.8. The predicted octanol–water partition coefficient (Wildman–Crippen LogP) is 10.6. The third-order valence-electron chi connectivity index (χ3n) is 6.33. The molecular weight excluding hydrogens is 661 g/mol. The summed E-state index contributed by atoms with van der Waals surface area (Å²) < 4.78 is 230. The summed E-state index contributed by atoms with van der Waals surface area (Å²) in [5, 5.41) is 0. The molecule has 246 valence electrons. The highest BCUT2D eigenvalue weighted by Gasteiger charge is 2.95. The third-order valence-corrected chi connectivity index (χ3v) is 6.33. The van der Waals surface area contributed by atoms with Crippen molar-refractivity contribution in [3.8, 4) is 11.1 Å². The molecular formula is C27H14F17N. The lowest BCUT2D eigenvalue weighted by Gasteiger charge is -2.42. The molecule has 45 heavy (non-hydrogen) atoms. The van der Waals surface area contributed by atoms with Gasteiger partial charge in [0.25, 0.3) is 0 Å². The van der Waals surface area contributed by atoms with Crippen LogP contribution in [0.5, 0.6) is 0 Å². The van der Waals surface area contributed by atoms with Crippen molar-refractivity contribution in [1.29, 1.82) is 0 Å². The molecule has 0 aliphatic carbocycles. The Morgan fingerprint density at radius 3 is 1.24 bits per heavy atom. The van der Waals surface area contributed by atoms with Crippen LogP contribution in [0.2, 0.25) is 0 Å². The van der Waals surface area contributed by atoms with Crippen LogP contribution in [-0.2, 0) is 5.92 Å². The summed E-state index contributed by atoms with van der Waals surface area (Å²) in [6.45, 7) is 0. The largest absolute Gasteiger partial charge is 0.460 e. The molecule has 0 saturated carbocycles. The van der Waals surface area contributed by atoms with Crippen molar-refractivity contribution >= 4 is 11.9 Å². The van der Waals surface area contributed by atoms with Crippen LogP contribution < -0.4 is 0 Å². The second-order valence-corrected chi connectivity index (χ2v) is 9.31. The molecule has 0 radical (unpaired) electrons. The van der Waals surface area contributed by atoms with Crippen LogP contribution >= 0.6 is 0 Å². The number of aliphatic imine (C=N–C) groups is 1. The van der Waals surface area contributed by atoms with Crippen LogP contribution in [0.3, 0.4) is 0 Å². The van der Waals surface area contributed by atoms with Crippen LogP contribution in [0.15, 0.2) is 83.9 Å². The van der Waals surface area contributed by atoms with Crippen LogP contribution in [-0.4, -0.2) is 47.9 Å². The first-order valence-corrected chi connectivity index (χ1v) is 11.8. The quantitative estimate of drug-likeness (QED) is 0.150. The summed E-state index contributed by atoms with van der Waals surface area (Å²) in [5.41, 5.74) is -0.633. The Balaban J connectivity index is 1.90. The summed E-state index contributed by atoms with van der Waals surface area (Å²) in [6.07, 6.45) is -6.68. The molecule has 0 aromatic heterocycles. The predicted molar refractivity (Wildman–Crippen MR) is 125 cm³/mol. The van der Waals surface area contributed by atoms with Crippen LogP contribution in [0, 0.1) is 0 Å². The van der Waals surface area contributed by atoms with E-state index < -0.39 is 53.2 Å². The third kappa shape index (κ3) is 5.60. The van der Waals surface area contributed by atoms with Gasteiger partial charge in [0, 0.05) is 11.8 Å². The van der Waals surface area contributed by atoms with E-state index >= 15 is 0 Å². The fourth-order valence-corrected chi connectivity index (χ4v) is 3.64. The Morgan fingerprint density at radius 1 is 0.400 bits per heavy atom. The van der Waals surface area contributed by atoms with E-state index in [1.807, 2.05) is 0 Å². The van der Waals surface area contributed by atoms with Gasteiger partial charge in [-0.2, -0.15) is 74.6 Å². The lowest BCUT2D eigenvalue weighted by molar-refractivity contribution is -0.462. The first-order chi connectivity index (χ1) is 20.3. The zero-order chi connectivity index (χ0) is 34.5. The normalized spacial score (nSPS) is 14.7. The lowest BCUT2D eigenvalue weighted by Crippen LogP contribution is -2.74. The highest BCUT2D eigenvalue weighted by atomic mass is 19.4. The Labute approximate surface area is 241 Å². The molecule has 0 saturated heterocycles. The Morgan fingerprint density at radius 2 is 0.800 bits per heavy atom. The van der Waals surface area contributed by atoms with Crippen molar-refractivity contribution < 1.29 is 74.6 Å². The summed E-state index contributed by atoms with van der Waals surface area (Å²) in [4.78, 5) is 3.78. The molecule has 0 N–H and O–H groups in total. The van der Waals surface area contributed by atoms with E-state index in [1.165, 1.54) is 0 Å². The molecule has 1 nitrogen and oxygen atoms in total. The van der Waals surface area contributed by atoms with E-state index in [4.69, 9.17) is 0 Å². The Kier molecular flexibility index (Phi) is 8.85. The zero-order valence-electron chi connectivity index (χ0n) is 21.5. The molecule has 0 amide bonds. The molecule has 0 bridgehead atoms. The molecule has 0 aliphatic rings.